The Morgan fingerprint density at radius 1 is 0.759 bits per heavy atom. The molecular weight excluding hydrogens is 360 g/mol. The van der Waals surface area contributed by atoms with Crippen molar-refractivity contribution in [1.29, 1.82) is 0 Å². The first kappa shape index (κ1) is 21.8. The summed E-state index contributed by atoms with van der Waals surface area (Å²) in [5.41, 5.74) is 5.12. The second-order valence-corrected chi connectivity index (χ2v) is 8.11. The summed E-state index contributed by atoms with van der Waals surface area (Å²) in [6.07, 6.45) is 1.14. The van der Waals surface area contributed by atoms with Crippen molar-refractivity contribution in [2.24, 2.45) is 0 Å². The molecule has 0 atom stereocenters. The van der Waals surface area contributed by atoms with Crippen molar-refractivity contribution in [3.63, 3.8) is 0 Å². The van der Waals surface area contributed by atoms with Crippen LogP contribution in [-0.2, 0) is 11.2 Å². The number of benzene rings is 2. The first-order valence-corrected chi connectivity index (χ1v) is 10.9. The van der Waals surface area contributed by atoms with E-state index >= 15 is 0 Å². The summed E-state index contributed by atoms with van der Waals surface area (Å²) >= 11 is 0. The predicted molar refractivity (Wildman–Crippen MR) is 120 cm³/mol. The molecule has 0 unspecified atom stereocenters. The van der Waals surface area contributed by atoms with E-state index in [1.54, 1.807) is 0 Å². The van der Waals surface area contributed by atoms with E-state index in [0.717, 1.165) is 58.0 Å². The van der Waals surface area contributed by atoms with Gasteiger partial charge in [-0.15, -0.1) is 0 Å². The molecule has 2 aromatic carbocycles. The molecule has 0 aromatic heterocycles. The number of hydrogen-bond donors (Lipinski definition) is 0. The highest BCUT2D eigenvalue weighted by molar-refractivity contribution is 5.42. The van der Waals surface area contributed by atoms with Gasteiger partial charge in [0.15, 0.2) is 0 Å². The summed E-state index contributed by atoms with van der Waals surface area (Å²) in [7, 11) is 0. The quantitative estimate of drug-likeness (QED) is 0.569. The summed E-state index contributed by atoms with van der Waals surface area (Å²) < 4.78 is 11.8. The summed E-state index contributed by atoms with van der Waals surface area (Å²) in [5.74, 6) is 1.01. The SMILES string of the molecule is Cc1cc(C)c(OCCOCCN2CCN(CCc3ccccc3)CC2)c(C)c1. The third kappa shape index (κ3) is 7.14. The Bertz CT molecular complexity index is 717. The average Bonchev–Trinajstić information content (AvgIpc) is 2.72. The molecule has 3 rings (SSSR count). The molecule has 0 spiro atoms. The molecule has 1 heterocycles. The van der Waals surface area contributed by atoms with Crippen LogP contribution in [0.15, 0.2) is 42.5 Å². The zero-order chi connectivity index (χ0) is 20.5. The van der Waals surface area contributed by atoms with E-state index in [-0.39, 0.29) is 0 Å². The van der Waals surface area contributed by atoms with Gasteiger partial charge in [0.2, 0.25) is 0 Å². The fraction of sp³-hybridized carbons (Fsp3) is 0.520. The van der Waals surface area contributed by atoms with Crippen molar-refractivity contribution >= 4 is 0 Å². The van der Waals surface area contributed by atoms with Crippen molar-refractivity contribution in [2.45, 2.75) is 27.2 Å². The van der Waals surface area contributed by atoms with Gasteiger partial charge in [-0.1, -0.05) is 48.0 Å². The summed E-state index contributed by atoms with van der Waals surface area (Å²) in [5, 5.41) is 0. The summed E-state index contributed by atoms with van der Waals surface area (Å²) in [4.78, 5) is 5.08. The monoisotopic (exact) mass is 396 g/mol. The number of nitrogens with zero attached hydrogens (tertiary/aromatic N) is 2. The minimum atomic E-state index is 0.609. The van der Waals surface area contributed by atoms with Crippen LogP contribution in [0.4, 0.5) is 0 Å². The molecule has 0 bridgehead atoms. The Morgan fingerprint density at radius 3 is 2.03 bits per heavy atom. The molecule has 1 fully saturated rings. The molecule has 0 amide bonds. The third-order valence-corrected chi connectivity index (χ3v) is 5.66. The second-order valence-electron chi connectivity index (χ2n) is 8.11. The fourth-order valence-electron chi connectivity index (χ4n) is 4.06. The highest BCUT2D eigenvalue weighted by Crippen LogP contribution is 2.24. The van der Waals surface area contributed by atoms with Gasteiger partial charge >= 0.3 is 0 Å². The van der Waals surface area contributed by atoms with E-state index in [4.69, 9.17) is 9.47 Å². The number of ether oxygens (including phenoxy) is 2. The minimum absolute atomic E-state index is 0.609. The van der Waals surface area contributed by atoms with Gasteiger partial charge in [0.25, 0.3) is 0 Å². The number of aryl methyl sites for hydroxylation is 3. The van der Waals surface area contributed by atoms with Crippen LogP contribution in [0.1, 0.15) is 22.3 Å². The highest BCUT2D eigenvalue weighted by atomic mass is 16.5. The Kier molecular flexibility index (Phi) is 8.53. The van der Waals surface area contributed by atoms with Crippen LogP contribution in [0.3, 0.4) is 0 Å². The molecule has 4 heteroatoms. The second kappa shape index (κ2) is 11.3. The molecule has 0 radical (unpaired) electrons. The predicted octanol–water partition coefficient (Wildman–Crippen LogP) is 3.87. The average molecular weight is 397 g/mol. The molecule has 1 aliphatic heterocycles. The number of rotatable bonds is 10. The maximum Gasteiger partial charge on any atom is 0.125 e. The van der Waals surface area contributed by atoms with E-state index in [9.17, 15) is 0 Å². The van der Waals surface area contributed by atoms with Crippen molar-refractivity contribution < 1.29 is 9.47 Å². The molecule has 4 nitrogen and oxygen atoms in total. The van der Waals surface area contributed by atoms with Gasteiger partial charge in [0.05, 0.1) is 13.2 Å². The van der Waals surface area contributed by atoms with Crippen LogP contribution in [0.5, 0.6) is 5.75 Å². The first-order chi connectivity index (χ1) is 14.1. The summed E-state index contributed by atoms with van der Waals surface area (Å²) in [6, 6.07) is 15.1. The zero-order valence-electron chi connectivity index (χ0n) is 18.3. The largest absolute Gasteiger partial charge is 0.491 e. The van der Waals surface area contributed by atoms with Gasteiger partial charge in [-0.25, -0.2) is 0 Å². The Hall–Kier alpha value is -1.88. The Labute approximate surface area is 176 Å². The Balaban J connectivity index is 1.24. The lowest BCUT2D eigenvalue weighted by atomic mass is 10.1. The molecular formula is C25H36N2O2. The standard InChI is InChI=1S/C25H36N2O2/c1-21-19-22(2)25(23(3)20-21)29-18-17-28-16-15-27-13-11-26(12-14-27)10-9-24-7-5-4-6-8-24/h4-8,19-20H,9-18H2,1-3H3. The third-order valence-electron chi connectivity index (χ3n) is 5.66. The number of piperazine rings is 1. The van der Waals surface area contributed by atoms with E-state index < -0.39 is 0 Å². The van der Waals surface area contributed by atoms with Crippen LogP contribution in [0.25, 0.3) is 0 Å². The molecule has 0 N–H and O–H groups in total. The van der Waals surface area contributed by atoms with Crippen LogP contribution in [-0.4, -0.2) is 68.9 Å². The van der Waals surface area contributed by atoms with Gasteiger partial charge in [0, 0.05) is 39.3 Å². The van der Waals surface area contributed by atoms with Gasteiger partial charge in [-0.3, -0.25) is 4.90 Å². The maximum absolute atomic E-state index is 5.95. The van der Waals surface area contributed by atoms with Crippen molar-refractivity contribution in [3.05, 3.63) is 64.7 Å². The lowest BCUT2D eigenvalue weighted by molar-refractivity contribution is 0.0617. The van der Waals surface area contributed by atoms with Crippen LogP contribution >= 0.6 is 0 Å². The molecule has 1 saturated heterocycles. The zero-order valence-corrected chi connectivity index (χ0v) is 18.3. The van der Waals surface area contributed by atoms with Gasteiger partial charge < -0.3 is 14.4 Å². The number of hydrogen-bond acceptors (Lipinski definition) is 4. The smallest absolute Gasteiger partial charge is 0.125 e. The maximum atomic E-state index is 5.95. The van der Waals surface area contributed by atoms with Crippen LogP contribution in [0.2, 0.25) is 0 Å². The van der Waals surface area contributed by atoms with E-state index in [2.05, 4.69) is 73.0 Å². The van der Waals surface area contributed by atoms with Gasteiger partial charge in [-0.05, 0) is 43.9 Å². The lowest BCUT2D eigenvalue weighted by Gasteiger charge is -2.34. The van der Waals surface area contributed by atoms with Gasteiger partial charge in [0.1, 0.15) is 12.4 Å². The topological polar surface area (TPSA) is 24.9 Å². The normalized spacial score (nSPS) is 15.6. The van der Waals surface area contributed by atoms with Gasteiger partial charge in [-0.2, -0.15) is 0 Å². The molecule has 0 aliphatic carbocycles. The lowest BCUT2D eigenvalue weighted by Crippen LogP contribution is -2.47. The molecule has 0 saturated carbocycles. The molecule has 1 aliphatic rings. The van der Waals surface area contributed by atoms with Crippen molar-refractivity contribution in [2.75, 3.05) is 59.1 Å². The minimum Gasteiger partial charge on any atom is -0.491 e. The van der Waals surface area contributed by atoms with E-state index in [0.29, 0.717) is 13.2 Å². The first-order valence-electron chi connectivity index (χ1n) is 10.9. The Morgan fingerprint density at radius 2 is 1.38 bits per heavy atom. The molecule has 29 heavy (non-hydrogen) atoms. The van der Waals surface area contributed by atoms with Crippen molar-refractivity contribution in [1.82, 2.24) is 9.80 Å². The highest BCUT2D eigenvalue weighted by Gasteiger charge is 2.16. The molecule has 158 valence electrons. The summed E-state index contributed by atoms with van der Waals surface area (Å²) in [6.45, 7) is 15.1. The van der Waals surface area contributed by atoms with E-state index in [1.807, 2.05) is 0 Å². The fourth-order valence-corrected chi connectivity index (χ4v) is 4.06. The van der Waals surface area contributed by atoms with Crippen molar-refractivity contribution in [3.8, 4) is 5.75 Å². The molecule has 2 aromatic rings. The van der Waals surface area contributed by atoms with Crippen LogP contribution in [0, 0.1) is 20.8 Å². The van der Waals surface area contributed by atoms with E-state index in [1.165, 1.54) is 22.3 Å². The van der Waals surface area contributed by atoms with Crippen LogP contribution < -0.4 is 4.74 Å².